The van der Waals surface area contributed by atoms with E-state index in [0.29, 0.717) is 72.6 Å². The highest BCUT2D eigenvalue weighted by Gasteiger charge is 2.28. The van der Waals surface area contributed by atoms with E-state index in [4.69, 9.17) is 36.0 Å². The molecule has 2 aliphatic heterocycles. The molecule has 1 aromatic carbocycles. The highest BCUT2D eigenvalue weighted by Crippen LogP contribution is 2.41. The minimum Gasteiger partial charge on any atom is -0.480 e. The number of methoxy groups -OCH3 is 1. The highest BCUT2D eigenvalue weighted by atomic mass is 35.5. The van der Waals surface area contributed by atoms with Crippen LogP contribution in [0.2, 0.25) is 5.02 Å². The lowest BCUT2D eigenvalue weighted by molar-refractivity contribution is 0.122. The van der Waals surface area contributed by atoms with Gasteiger partial charge in [-0.3, -0.25) is 0 Å². The molecule has 3 aromatic rings. The zero-order valence-corrected chi connectivity index (χ0v) is 20.2. The molecule has 0 unspecified atom stereocenters. The number of anilines is 2. The van der Waals surface area contributed by atoms with Gasteiger partial charge in [-0.1, -0.05) is 11.6 Å². The molecule has 0 aliphatic carbocycles. The molecule has 0 spiro atoms. The Morgan fingerprint density at radius 2 is 2.09 bits per heavy atom. The van der Waals surface area contributed by atoms with Crippen molar-refractivity contribution in [2.75, 3.05) is 56.7 Å². The first-order valence-electron chi connectivity index (χ1n) is 11.1. The maximum atomic E-state index is 11.5. The number of carboxylic acid groups (broad SMARTS) is 1. The van der Waals surface area contributed by atoms with Crippen molar-refractivity contribution in [3.05, 3.63) is 23.2 Å². The summed E-state index contributed by atoms with van der Waals surface area (Å²) >= 11 is 7.68. The van der Waals surface area contributed by atoms with Crippen LogP contribution in [0.3, 0.4) is 0 Å². The standard InChI is InChI=1S/C22H25ClN6O4S/c1-32-19-17(20-25-15-11-13(23)4-5-16(15)34-20)18(24-14-3-2-6-29(12-14)22(30)31)26-21(27-19)28-7-9-33-10-8-28/h4-5,11,14H,2-3,6-10,12H2,1H3,(H,30,31)(H,24,26,27)/t14-/m1/s1. The molecule has 2 N–H and O–H groups in total. The Balaban J connectivity index is 1.58. The molecule has 2 fully saturated rings. The first-order chi connectivity index (χ1) is 16.5. The lowest BCUT2D eigenvalue weighted by Crippen LogP contribution is -2.44. The van der Waals surface area contributed by atoms with Crippen molar-refractivity contribution >= 4 is 51.0 Å². The van der Waals surface area contributed by atoms with Crippen LogP contribution in [0.25, 0.3) is 20.8 Å². The average Bonchev–Trinajstić information content (AvgIpc) is 3.26. The molecule has 2 aromatic heterocycles. The van der Waals surface area contributed by atoms with Gasteiger partial charge in [0.1, 0.15) is 16.4 Å². The van der Waals surface area contributed by atoms with Gasteiger partial charge in [0, 0.05) is 37.2 Å². The number of benzene rings is 1. The predicted molar refractivity (Wildman–Crippen MR) is 131 cm³/mol. The first-order valence-corrected chi connectivity index (χ1v) is 12.3. The van der Waals surface area contributed by atoms with Crippen molar-refractivity contribution in [3.63, 3.8) is 0 Å². The summed E-state index contributed by atoms with van der Waals surface area (Å²) in [6, 6.07) is 5.51. The van der Waals surface area contributed by atoms with Crippen LogP contribution < -0.4 is 15.0 Å². The van der Waals surface area contributed by atoms with Gasteiger partial charge in [-0.25, -0.2) is 9.78 Å². The number of fused-ring (bicyclic) bond motifs is 1. The monoisotopic (exact) mass is 504 g/mol. The smallest absolute Gasteiger partial charge is 0.407 e. The van der Waals surface area contributed by atoms with Gasteiger partial charge in [0.2, 0.25) is 11.8 Å². The Morgan fingerprint density at radius 1 is 1.26 bits per heavy atom. The predicted octanol–water partition coefficient (Wildman–Crippen LogP) is 3.81. The topological polar surface area (TPSA) is 113 Å². The number of aromatic nitrogens is 3. The molecular weight excluding hydrogens is 480 g/mol. The molecule has 0 radical (unpaired) electrons. The number of halogens is 1. The number of hydrogen-bond donors (Lipinski definition) is 2. The first kappa shape index (κ1) is 22.9. The molecular formula is C22H25ClN6O4S. The number of nitrogens with zero attached hydrogens (tertiary/aromatic N) is 5. The normalized spacial score (nSPS) is 18.8. The van der Waals surface area contributed by atoms with E-state index < -0.39 is 6.09 Å². The van der Waals surface area contributed by atoms with Gasteiger partial charge < -0.3 is 29.7 Å². The summed E-state index contributed by atoms with van der Waals surface area (Å²) in [5.41, 5.74) is 1.44. The maximum absolute atomic E-state index is 11.5. The van der Waals surface area contributed by atoms with Crippen molar-refractivity contribution in [1.82, 2.24) is 19.9 Å². The molecule has 12 heteroatoms. The zero-order valence-electron chi connectivity index (χ0n) is 18.7. The summed E-state index contributed by atoms with van der Waals surface area (Å²) in [5, 5.41) is 14.3. The molecule has 2 aliphatic rings. The van der Waals surface area contributed by atoms with Crippen LogP contribution in [0, 0.1) is 0 Å². The minimum atomic E-state index is -0.913. The number of ether oxygens (including phenoxy) is 2. The summed E-state index contributed by atoms with van der Waals surface area (Å²) in [6.45, 7) is 3.47. The van der Waals surface area contributed by atoms with E-state index in [1.807, 2.05) is 18.2 Å². The quantitative estimate of drug-likeness (QED) is 0.535. The fourth-order valence-electron chi connectivity index (χ4n) is 4.25. The van der Waals surface area contributed by atoms with Gasteiger partial charge in [-0.2, -0.15) is 9.97 Å². The molecule has 34 heavy (non-hydrogen) atoms. The van der Waals surface area contributed by atoms with E-state index in [1.165, 1.54) is 16.2 Å². The molecule has 5 rings (SSSR count). The number of amides is 1. The van der Waals surface area contributed by atoms with Crippen molar-refractivity contribution in [3.8, 4) is 16.5 Å². The minimum absolute atomic E-state index is 0.0930. The van der Waals surface area contributed by atoms with Crippen molar-refractivity contribution in [1.29, 1.82) is 0 Å². The number of carbonyl (C=O) groups is 1. The molecule has 0 bridgehead atoms. The Morgan fingerprint density at radius 3 is 2.85 bits per heavy atom. The van der Waals surface area contributed by atoms with Crippen molar-refractivity contribution in [2.45, 2.75) is 18.9 Å². The average molecular weight is 505 g/mol. The molecule has 10 nitrogen and oxygen atoms in total. The molecule has 1 amide bonds. The Hall–Kier alpha value is -2.89. The van der Waals surface area contributed by atoms with E-state index in [-0.39, 0.29) is 6.04 Å². The van der Waals surface area contributed by atoms with Gasteiger partial charge in [-0.15, -0.1) is 11.3 Å². The molecule has 1 atom stereocenters. The zero-order chi connectivity index (χ0) is 23.7. The van der Waals surface area contributed by atoms with E-state index in [1.54, 1.807) is 7.11 Å². The number of morpholine rings is 1. The second kappa shape index (κ2) is 9.77. The summed E-state index contributed by atoms with van der Waals surface area (Å²) in [6.07, 6.45) is 0.694. The van der Waals surface area contributed by atoms with Gasteiger partial charge in [-0.05, 0) is 31.0 Å². The van der Waals surface area contributed by atoms with E-state index in [2.05, 4.69) is 10.2 Å². The Bertz CT molecular complexity index is 1200. The van der Waals surface area contributed by atoms with Gasteiger partial charge in [0.05, 0.1) is 30.5 Å². The van der Waals surface area contributed by atoms with Crippen LogP contribution in [-0.4, -0.2) is 83.6 Å². The summed E-state index contributed by atoms with van der Waals surface area (Å²) < 4.78 is 12.2. The van der Waals surface area contributed by atoms with E-state index in [0.717, 1.165) is 23.1 Å². The molecule has 4 heterocycles. The lowest BCUT2D eigenvalue weighted by atomic mass is 10.1. The fraction of sp³-hybridized carbons (Fsp3) is 0.455. The van der Waals surface area contributed by atoms with Crippen LogP contribution in [0.15, 0.2) is 18.2 Å². The van der Waals surface area contributed by atoms with Crippen LogP contribution in [0.4, 0.5) is 16.6 Å². The summed E-state index contributed by atoms with van der Waals surface area (Å²) in [5.74, 6) is 1.53. The molecule has 2 saturated heterocycles. The third-order valence-corrected chi connectivity index (χ3v) is 7.24. The number of thiazole rings is 1. The van der Waals surface area contributed by atoms with E-state index >= 15 is 0 Å². The Kier molecular flexibility index (Phi) is 6.57. The third kappa shape index (κ3) is 4.68. The van der Waals surface area contributed by atoms with Crippen molar-refractivity contribution < 1.29 is 19.4 Å². The van der Waals surface area contributed by atoms with Gasteiger partial charge in [0.25, 0.3) is 0 Å². The van der Waals surface area contributed by atoms with Crippen LogP contribution in [0.1, 0.15) is 12.8 Å². The summed E-state index contributed by atoms with van der Waals surface area (Å²) in [7, 11) is 1.58. The number of nitrogens with one attached hydrogen (secondary N) is 1. The lowest BCUT2D eigenvalue weighted by Gasteiger charge is -2.32. The van der Waals surface area contributed by atoms with Crippen LogP contribution in [0.5, 0.6) is 5.88 Å². The molecule has 0 saturated carbocycles. The van der Waals surface area contributed by atoms with Crippen LogP contribution >= 0.6 is 22.9 Å². The largest absolute Gasteiger partial charge is 0.480 e. The van der Waals surface area contributed by atoms with Crippen LogP contribution in [-0.2, 0) is 4.74 Å². The molecule has 180 valence electrons. The summed E-state index contributed by atoms with van der Waals surface area (Å²) in [4.78, 5) is 29.4. The van der Waals surface area contributed by atoms with E-state index in [9.17, 15) is 9.90 Å². The SMILES string of the molecule is COc1nc(N2CCOCC2)nc(N[C@@H]2CCCN(C(=O)O)C2)c1-c1nc2cc(Cl)ccc2s1. The second-order valence-electron chi connectivity index (χ2n) is 8.20. The highest BCUT2D eigenvalue weighted by molar-refractivity contribution is 7.21. The van der Waals surface area contributed by atoms with Gasteiger partial charge in [0.15, 0.2) is 0 Å². The second-order valence-corrected chi connectivity index (χ2v) is 9.67. The number of hydrogen-bond acceptors (Lipinski definition) is 9. The third-order valence-electron chi connectivity index (χ3n) is 5.95. The number of likely N-dealkylation sites (tertiary alicyclic amines) is 1. The maximum Gasteiger partial charge on any atom is 0.407 e. The fourth-order valence-corrected chi connectivity index (χ4v) is 5.40. The Labute approximate surface area is 205 Å². The van der Waals surface area contributed by atoms with Crippen molar-refractivity contribution in [2.24, 2.45) is 0 Å². The number of rotatable bonds is 5. The van der Waals surface area contributed by atoms with Gasteiger partial charge >= 0.3 is 6.09 Å². The number of piperidine rings is 1.